The van der Waals surface area contributed by atoms with Gasteiger partial charge in [-0.05, 0) is 37.3 Å². The van der Waals surface area contributed by atoms with Crippen LogP contribution in [0.15, 0.2) is 38.5 Å². The number of nitrogens with one attached hydrogen (secondary N) is 1. The lowest BCUT2D eigenvalue weighted by atomic mass is 10.1. The lowest BCUT2D eigenvalue weighted by Crippen LogP contribution is -2.46. The van der Waals surface area contributed by atoms with E-state index in [1.54, 1.807) is 35.4 Å². The molecular formula is C15H18N2O4S2. The number of carbonyl (C=O) groups is 1. The maximum absolute atomic E-state index is 12.4. The number of sulfonamides is 1. The maximum Gasteiger partial charge on any atom is 0.257 e. The SMILES string of the molecule is Cc1occc1C(=O)N1CCC(NS(=O)(=O)c2cccs2)CC1. The van der Waals surface area contributed by atoms with Gasteiger partial charge in [-0.3, -0.25) is 4.79 Å². The van der Waals surface area contributed by atoms with Crippen LogP contribution in [0, 0.1) is 6.92 Å². The van der Waals surface area contributed by atoms with E-state index in [9.17, 15) is 13.2 Å². The summed E-state index contributed by atoms with van der Waals surface area (Å²) >= 11 is 1.20. The van der Waals surface area contributed by atoms with Gasteiger partial charge in [-0.15, -0.1) is 11.3 Å². The maximum atomic E-state index is 12.4. The number of likely N-dealkylation sites (tertiary alicyclic amines) is 1. The van der Waals surface area contributed by atoms with Crippen molar-refractivity contribution in [1.82, 2.24) is 9.62 Å². The third-order valence-electron chi connectivity index (χ3n) is 3.95. The largest absolute Gasteiger partial charge is 0.469 e. The van der Waals surface area contributed by atoms with Crippen molar-refractivity contribution >= 4 is 27.3 Å². The lowest BCUT2D eigenvalue weighted by molar-refractivity contribution is 0.0709. The molecule has 6 nitrogen and oxygen atoms in total. The Balaban J connectivity index is 1.59. The summed E-state index contributed by atoms with van der Waals surface area (Å²) in [6, 6.07) is 4.83. The highest BCUT2D eigenvalue weighted by atomic mass is 32.2. The van der Waals surface area contributed by atoms with Crippen molar-refractivity contribution in [2.24, 2.45) is 0 Å². The van der Waals surface area contributed by atoms with Crippen molar-refractivity contribution in [1.29, 1.82) is 0 Å². The molecular weight excluding hydrogens is 336 g/mol. The average molecular weight is 354 g/mol. The van der Waals surface area contributed by atoms with E-state index in [0.29, 0.717) is 41.5 Å². The Bertz CT molecular complexity index is 772. The molecule has 23 heavy (non-hydrogen) atoms. The zero-order valence-corrected chi connectivity index (χ0v) is 14.3. The zero-order chi connectivity index (χ0) is 16.4. The summed E-state index contributed by atoms with van der Waals surface area (Å²) in [6.07, 6.45) is 2.71. The summed E-state index contributed by atoms with van der Waals surface area (Å²) in [6.45, 7) is 2.82. The molecule has 1 amide bonds. The Morgan fingerprint density at radius 3 is 2.65 bits per heavy atom. The first-order chi connectivity index (χ1) is 11.0. The van der Waals surface area contributed by atoms with Crippen LogP contribution in [-0.4, -0.2) is 38.4 Å². The number of rotatable bonds is 4. The molecule has 3 heterocycles. The number of amides is 1. The van der Waals surface area contributed by atoms with Crippen LogP contribution in [0.25, 0.3) is 0 Å². The molecule has 0 saturated carbocycles. The Morgan fingerprint density at radius 1 is 1.35 bits per heavy atom. The van der Waals surface area contributed by atoms with Crippen LogP contribution in [0.3, 0.4) is 0 Å². The van der Waals surface area contributed by atoms with Crippen LogP contribution < -0.4 is 4.72 Å². The summed E-state index contributed by atoms with van der Waals surface area (Å²) < 4.78 is 32.6. The fourth-order valence-electron chi connectivity index (χ4n) is 2.67. The second-order valence-electron chi connectivity index (χ2n) is 5.51. The first-order valence-corrected chi connectivity index (χ1v) is 9.73. The van der Waals surface area contributed by atoms with Gasteiger partial charge in [0.1, 0.15) is 9.97 Å². The van der Waals surface area contributed by atoms with Gasteiger partial charge >= 0.3 is 0 Å². The molecule has 1 saturated heterocycles. The standard InChI is InChI=1S/C15H18N2O4S2/c1-11-13(6-9-21-11)15(18)17-7-4-12(5-8-17)16-23(19,20)14-3-2-10-22-14/h2-3,6,9-10,12,16H,4-5,7-8H2,1H3. The van der Waals surface area contributed by atoms with Crippen molar-refractivity contribution in [2.75, 3.05) is 13.1 Å². The number of piperidine rings is 1. The molecule has 0 bridgehead atoms. The van der Waals surface area contributed by atoms with Crippen LogP contribution >= 0.6 is 11.3 Å². The molecule has 1 fully saturated rings. The van der Waals surface area contributed by atoms with Gasteiger partial charge in [0.25, 0.3) is 5.91 Å². The molecule has 124 valence electrons. The van der Waals surface area contributed by atoms with E-state index >= 15 is 0 Å². The van der Waals surface area contributed by atoms with E-state index < -0.39 is 10.0 Å². The van der Waals surface area contributed by atoms with Gasteiger partial charge in [0.15, 0.2) is 0 Å². The average Bonchev–Trinajstić information content (AvgIpc) is 3.18. The minimum absolute atomic E-state index is 0.0594. The number of hydrogen-bond donors (Lipinski definition) is 1. The Morgan fingerprint density at radius 2 is 2.09 bits per heavy atom. The molecule has 1 aliphatic heterocycles. The highest BCUT2D eigenvalue weighted by molar-refractivity contribution is 7.91. The van der Waals surface area contributed by atoms with Gasteiger partial charge in [-0.2, -0.15) is 0 Å². The van der Waals surface area contributed by atoms with Gasteiger partial charge in [0.05, 0.1) is 11.8 Å². The van der Waals surface area contributed by atoms with Crippen LogP contribution in [0.1, 0.15) is 29.0 Å². The molecule has 2 aromatic rings. The molecule has 0 radical (unpaired) electrons. The number of furan rings is 1. The van der Waals surface area contributed by atoms with Crippen molar-refractivity contribution in [3.05, 3.63) is 41.2 Å². The van der Waals surface area contributed by atoms with Gasteiger partial charge in [-0.1, -0.05) is 6.07 Å². The highest BCUT2D eigenvalue weighted by Crippen LogP contribution is 2.20. The van der Waals surface area contributed by atoms with Crippen molar-refractivity contribution in [3.63, 3.8) is 0 Å². The van der Waals surface area contributed by atoms with Crippen molar-refractivity contribution in [2.45, 2.75) is 30.0 Å². The first-order valence-electron chi connectivity index (χ1n) is 7.36. The third kappa shape index (κ3) is 3.49. The minimum Gasteiger partial charge on any atom is -0.469 e. The van der Waals surface area contributed by atoms with Gasteiger partial charge in [0, 0.05) is 19.1 Å². The number of hydrogen-bond acceptors (Lipinski definition) is 5. The molecule has 1 N–H and O–H groups in total. The van der Waals surface area contributed by atoms with Crippen LogP contribution in [0.5, 0.6) is 0 Å². The third-order valence-corrected chi connectivity index (χ3v) is 6.87. The predicted molar refractivity (Wildman–Crippen MR) is 87.0 cm³/mol. The second-order valence-corrected chi connectivity index (χ2v) is 8.40. The van der Waals surface area contributed by atoms with E-state index in [4.69, 9.17) is 4.42 Å². The molecule has 8 heteroatoms. The molecule has 3 rings (SSSR count). The number of aryl methyl sites for hydroxylation is 1. The highest BCUT2D eigenvalue weighted by Gasteiger charge is 2.28. The van der Waals surface area contributed by atoms with E-state index in [1.165, 1.54) is 17.6 Å². The minimum atomic E-state index is -3.45. The number of nitrogens with zero attached hydrogens (tertiary/aromatic N) is 1. The van der Waals surface area contributed by atoms with Crippen LogP contribution in [-0.2, 0) is 10.0 Å². The van der Waals surface area contributed by atoms with E-state index in [2.05, 4.69) is 4.72 Å². The molecule has 0 spiro atoms. The quantitative estimate of drug-likeness (QED) is 0.913. The molecule has 2 aromatic heterocycles. The van der Waals surface area contributed by atoms with Gasteiger partial charge < -0.3 is 9.32 Å². The summed E-state index contributed by atoms with van der Waals surface area (Å²) in [5.74, 6) is 0.548. The van der Waals surface area contributed by atoms with Gasteiger partial charge in [-0.25, -0.2) is 13.1 Å². The number of carbonyl (C=O) groups excluding carboxylic acids is 1. The van der Waals surface area contributed by atoms with Crippen molar-refractivity contribution < 1.29 is 17.6 Å². The smallest absolute Gasteiger partial charge is 0.257 e. The fourth-order valence-corrected chi connectivity index (χ4v) is 4.99. The zero-order valence-electron chi connectivity index (χ0n) is 12.7. The summed E-state index contributed by atoms with van der Waals surface area (Å²) in [5.41, 5.74) is 0.572. The first kappa shape index (κ1) is 16.2. The lowest BCUT2D eigenvalue weighted by Gasteiger charge is -2.32. The fraction of sp³-hybridized carbons (Fsp3) is 0.400. The molecule has 0 aliphatic carbocycles. The topological polar surface area (TPSA) is 79.6 Å². The molecule has 0 atom stereocenters. The van der Waals surface area contributed by atoms with Crippen molar-refractivity contribution in [3.8, 4) is 0 Å². The van der Waals surface area contributed by atoms with Crippen LogP contribution in [0.4, 0.5) is 0 Å². The normalized spacial score (nSPS) is 16.7. The molecule has 1 aliphatic rings. The van der Waals surface area contributed by atoms with E-state index in [-0.39, 0.29) is 11.9 Å². The second kappa shape index (κ2) is 6.46. The van der Waals surface area contributed by atoms with Gasteiger partial charge in [0.2, 0.25) is 10.0 Å². The monoisotopic (exact) mass is 354 g/mol. The van der Waals surface area contributed by atoms with Crippen LogP contribution in [0.2, 0.25) is 0 Å². The van der Waals surface area contributed by atoms with E-state index in [0.717, 1.165) is 0 Å². The summed E-state index contributed by atoms with van der Waals surface area (Å²) in [5, 5.41) is 1.74. The summed E-state index contributed by atoms with van der Waals surface area (Å²) in [4.78, 5) is 14.1. The summed E-state index contributed by atoms with van der Waals surface area (Å²) in [7, 11) is -3.45. The Hall–Kier alpha value is -1.64. The Kier molecular flexibility index (Phi) is 4.56. The predicted octanol–water partition coefficient (Wildman–Crippen LogP) is 2.23. The molecule has 0 unspecified atom stereocenters. The molecule has 0 aromatic carbocycles. The number of thiophene rings is 1. The van der Waals surface area contributed by atoms with E-state index in [1.807, 2.05) is 0 Å². The Labute approximate surface area is 139 Å².